The predicted octanol–water partition coefficient (Wildman–Crippen LogP) is 24.7. The van der Waals surface area contributed by atoms with Crippen molar-refractivity contribution < 1.29 is 28.6 Å². The van der Waals surface area contributed by atoms with Crippen LogP contribution in [0.3, 0.4) is 0 Å². The summed E-state index contributed by atoms with van der Waals surface area (Å²) in [6.45, 7) is 6.63. The van der Waals surface area contributed by atoms with Crippen molar-refractivity contribution >= 4 is 17.9 Å². The molecule has 6 heteroatoms. The molecule has 0 aliphatic carbocycles. The van der Waals surface area contributed by atoms with Gasteiger partial charge in [-0.3, -0.25) is 14.4 Å². The molecule has 6 nitrogen and oxygen atoms in total. The second-order valence-corrected chi connectivity index (χ2v) is 24.1. The Bertz CT molecular complexity index is 1440. The van der Waals surface area contributed by atoms with Gasteiger partial charge in [-0.2, -0.15) is 0 Å². The molecular formula is C75H136O6. The first-order valence-electron chi connectivity index (χ1n) is 35.8. The third-order valence-corrected chi connectivity index (χ3v) is 16.0. The summed E-state index contributed by atoms with van der Waals surface area (Å²) >= 11 is 0. The topological polar surface area (TPSA) is 78.9 Å². The van der Waals surface area contributed by atoms with Crippen LogP contribution in [0.5, 0.6) is 0 Å². The van der Waals surface area contributed by atoms with Gasteiger partial charge in [0, 0.05) is 19.3 Å². The van der Waals surface area contributed by atoms with Gasteiger partial charge >= 0.3 is 17.9 Å². The molecule has 0 aliphatic rings. The molecule has 1 atom stereocenters. The van der Waals surface area contributed by atoms with Crippen LogP contribution in [0.4, 0.5) is 0 Å². The number of hydrogen-bond donors (Lipinski definition) is 0. The molecule has 0 aromatic heterocycles. The predicted molar refractivity (Wildman–Crippen MR) is 353 cm³/mol. The normalized spacial score (nSPS) is 12.4. The van der Waals surface area contributed by atoms with Crippen LogP contribution < -0.4 is 0 Å². The van der Waals surface area contributed by atoms with Crippen LogP contribution in [-0.2, 0) is 28.6 Å². The van der Waals surface area contributed by atoms with Crippen molar-refractivity contribution in [3.8, 4) is 0 Å². The summed E-state index contributed by atoms with van der Waals surface area (Å²) in [6, 6.07) is 0. The third-order valence-electron chi connectivity index (χ3n) is 16.0. The zero-order valence-electron chi connectivity index (χ0n) is 54.3. The highest BCUT2D eigenvalue weighted by Gasteiger charge is 2.19. The van der Waals surface area contributed by atoms with Crippen molar-refractivity contribution in [2.45, 2.75) is 386 Å². The SMILES string of the molecule is CCCCCCC/C=C\C/C=C\C/C=C\CCCCCCCCCCCCC(=O)OC(COC(=O)CCCCCCCCC)COC(=O)CCCCCCCCCCCCCCCCCCCCC/C=C\C/C=C\CCCCCCC. The molecule has 1 unspecified atom stereocenters. The van der Waals surface area contributed by atoms with E-state index < -0.39 is 6.10 Å². The summed E-state index contributed by atoms with van der Waals surface area (Å²) in [4.78, 5) is 38.2. The lowest BCUT2D eigenvalue weighted by molar-refractivity contribution is -0.167. The highest BCUT2D eigenvalue weighted by Crippen LogP contribution is 2.18. The van der Waals surface area contributed by atoms with Gasteiger partial charge in [0.2, 0.25) is 0 Å². The number of carbonyl (C=O) groups excluding carboxylic acids is 3. The molecule has 0 bridgehead atoms. The summed E-state index contributed by atoms with van der Waals surface area (Å²) < 4.78 is 16.9. The maximum Gasteiger partial charge on any atom is 0.306 e. The lowest BCUT2D eigenvalue weighted by Gasteiger charge is -2.18. The molecule has 0 fully saturated rings. The van der Waals surface area contributed by atoms with E-state index in [1.54, 1.807) is 0 Å². The fourth-order valence-corrected chi connectivity index (χ4v) is 10.6. The Morgan fingerprint density at radius 2 is 0.444 bits per heavy atom. The van der Waals surface area contributed by atoms with Gasteiger partial charge < -0.3 is 14.2 Å². The van der Waals surface area contributed by atoms with E-state index in [9.17, 15) is 14.4 Å². The average Bonchev–Trinajstić information content (AvgIpc) is 3.46. The maximum absolute atomic E-state index is 12.9. The Balaban J connectivity index is 4.03. The molecule has 0 aromatic carbocycles. The average molecular weight is 1130 g/mol. The number of carbonyl (C=O) groups is 3. The summed E-state index contributed by atoms with van der Waals surface area (Å²) in [5, 5.41) is 0. The molecule has 0 aromatic rings. The van der Waals surface area contributed by atoms with E-state index >= 15 is 0 Å². The first kappa shape index (κ1) is 78.1. The molecule has 0 N–H and O–H groups in total. The van der Waals surface area contributed by atoms with Gasteiger partial charge in [-0.05, 0) is 89.9 Å². The number of rotatable bonds is 66. The molecule has 0 saturated heterocycles. The van der Waals surface area contributed by atoms with E-state index in [-0.39, 0.29) is 31.1 Å². The number of ether oxygens (including phenoxy) is 3. The minimum absolute atomic E-state index is 0.0714. The van der Waals surface area contributed by atoms with E-state index in [0.717, 1.165) is 77.0 Å². The van der Waals surface area contributed by atoms with E-state index in [1.165, 1.54) is 263 Å². The maximum atomic E-state index is 12.9. The van der Waals surface area contributed by atoms with E-state index in [1.807, 2.05) is 0 Å². The number of esters is 3. The largest absolute Gasteiger partial charge is 0.462 e. The van der Waals surface area contributed by atoms with Gasteiger partial charge in [0.15, 0.2) is 6.10 Å². The van der Waals surface area contributed by atoms with E-state index in [4.69, 9.17) is 14.2 Å². The summed E-state index contributed by atoms with van der Waals surface area (Å²) in [6.07, 6.45) is 90.0. The molecule has 0 amide bonds. The van der Waals surface area contributed by atoms with Crippen molar-refractivity contribution in [1.29, 1.82) is 0 Å². The lowest BCUT2D eigenvalue weighted by atomic mass is 10.0. The molecule has 0 spiro atoms. The van der Waals surface area contributed by atoms with E-state index in [2.05, 4.69) is 81.5 Å². The smallest absolute Gasteiger partial charge is 0.306 e. The monoisotopic (exact) mass is 1130 g/mol. The van der Waals surface area contributed by atoms with Crippen LogP contribution in [0.1, 0.15) is 380 Å². The number of unbranched alkanes of at least 4 members (excludes halogenated alkanes) is 45. The van der Waals surface area contributed by atoms with Crippen LogP contribution in [0.2, 0.25) is 0 Å². The van der Waals surface area contributed by atoms with Crippen LogP contribution in [0, 0.1) is 0 Å². The lowest BCUT2D eigenvalue weighted by Crippen LogP contribution is -2.30. The van der Waals surface area contributed by atoms with Crippen LogP contribution in [-0.4, -0.2) is 37.2 Å². The third kappa shape index (κ3) is 67.8. The van der Waals surface area contributed by atoms with Crippen molar-refractivity contribution in [3.63, 3.8) is 0 Å². The molecule has 472 valence electrons. The number of hydrogen-bond acceptors (Lipinski definition) is 6. The van der Waals surface area contributed by atoms with Crippen molar-refractivity contribution in [1.82, 2.24) is 0 Å². The molecule has 0 heterocycles. The van der Waals surface area contributed by atoms with Gasteiger partial charge in [0.05, 0.1) is 0 Å². The van der Waals surface area contributed by atoms with Gasteiger partial charge in [-0.15, -0.1) is 0 Å². The second kappa shape index (κ2) is 69.6. The fourth-order valence-electron chi connectivity index (χ4n) is 10.6. The van der Waals surface area contributed by atoms with Gasteiger partial charge in [-0.1, -0.05) is 332 Å². The summed E-state index contributed by atoms with van der Waals surface area (Å²) in [5.41, 5.74) is 0. The van der Waals surface area contributed by atoms with Crippen LogP contribution in [0.25, 0.3) is 0 Å². The fraction of sp³-hybridized carbons (Fsp3) is 0.827. The van der Waals surface area contributed by atoms with E-state index in [0.29, 0.717) is 19.3 Å². The van der Waals surface area contributed by atoms with Crippen molar-refractivity contribution in [2.24, 2.45) is 0 Å². The standard InChI is InChI=1S/C75H136O6/c1-4-7-10-13-16-18-20-22-24-26-28-30-32-34-35-36-37-38-39-41-42-44-46-48-50-52-54-56-59-62-65-68-74(77)80-71-72(70-79-73(76)67-64-61-58-15-12-9-6-3)81-75(78)69-66-63-60-57-55-53-51-49-47-45-43-40-33-31-29-27-25-23-21-19-17-14-11-8-5-2/h20-23,26-29,33,40,72H,4-19,24-25,30-32,34-39,41-71H2,1-3H3/b22-20-,23-21-,28-26-,29-27-,40-33-. The zero-order valence-corrected chi connectivity index (χ0v) is 54.3. The van der Waals surface area contributed by atoms with Gasteiger partial charge in [-0.25, -0.2) is 0 Å². The Morgan fingerprint density at radius 1 is 0.247 bits per heavy atom. The molecular weight excluding hydrogens is 997 g/mol. The van der Waals surface area contributed by atoms with Gasteiger partial charge in [0.1, 0.15) is 13.2 Å². The Labute approximate surface area is 504 Å². The van der Waals surface area contributed by atoms with Crippen LogP contribution >= 0.6 is 0 Å². The molecule has 81 heavy (non-hydrogen) atoms. The quantitative estimate of drug-likeness (QED) is 0.0261. The molecule has 0 saturated carbocycles. The highest BCUT2D eigenvalue weighted by molar-refractivity contribution is 5.71. The van der Waals surface area contributed by atoms with Crippen molar-refractivity contribution in [2.75, 3.05) is 13.2 Å². The van der Waals surface area contributed by atoms with Gasteiger partial charge in [0.25, 0.3) is 0 Å². The molecule has 0 aliphatic heterocycles. The Kier molecular flexibility index (Phi) is 67.1. The molecule has 0 radical (unpaired) electrons. The second-order valence-electron chi connectivity index (χ2n) is 24.1. The highest BCUT2D eigenvalue weighted by atomic mass is 16.6. The first-order valence-corrected chi connectivity index (χ1v) is 35.8. The Morgan fingerprint density at radius 3 is 0.691 bits per heavy atom. The zero-order chi connectivity index (χ0) is 58.5. The first-order chi connectivity index (χ1) is 40.0. The van der Waals surface area contributed by atoms with Crippen molar-refractivity contribution in [3.05, 3.63) is 60.8 Å². The van der Waals surface area contributed by atoms with Crippen LogP contribution in [0.15, 0.2) is 60.8 Å². The summed E-state index contributed by atoms with van der Waals surface area (Å²) in [7, 11) is 0. The summed E-state index contributed by atoms with van der Waals surface area (Å²) in [5.74, 6) is -0.861. The minimum atomic E-state index is -0.773. The number of allylic oxidation sites excluding steroid dienone is 10. The minimum Gasteiger partial charge on any atom is -0.462 e. The Hall–Kier alpha value is -2.89. The molecule has 0 rings (SSSR count).